The first-order valence-corrected chi connectivity index (χ1v) is 5.03. The highest BCUT2D eigenvalue weighted by molar-refractivity contribution is 5.14. The Morgan fingerprint density at radius 2 is 2.07 bits per heavy atom. The van der Waals surface area contributed by atoms with Crippen molar-refractivity contribution in [2.75, 3.05) is 0 Å². The zero-order valence-electron chi connectivity index (χ0n) is 8.47. The Balaban J connectivity index is 1.89. The Hall–Kier alpha value is -1.61. The van der Waals surface area contributed by atoms with E-state index in [0.717, 1.165) is 18.4 Å². The van der Waals surface area contributed by atoms with Gasteiger partial charge < -0.3 is 10.2 Å². The normalized spacial score (nSPS) is 12.6. The van der Waals surface area contributed by atoms with E-state index in [4.69, 9.17) is 10.2 Å². The molecular formula is C12H14N2O. The fraction of sp³-hybridized carbons (Fsp3) is 0.250. The SMILES string of the molecule is NC(CCc1ccncc1)c1ccoc1. The van der Waals surface area contributed by atoms with E-state index >= 15 is 0 Å². The summed E-state index contributed by atoms with van der Waals surface area (Å²) in [4.78, 5) is 3.98. The van der Waals surface area contributed by atoms with Gasteiger partial charge >= 0.3 is 0 Å². The van der Waals surface area contributed by atoms with E-state index in [9.17, 15) is 0 Å². The molecule has 2 rings (SSSR count). The number of hydrogen-bond acceptors (Lipinski definition) is 3. The Kier molecular flexibility index (Phi) is 3.15. The second kappa shape index (κ2) is 4.75. The molecule has 0 aliphatic rings. The van der Waals surface area contributed by atoms with Gasteiger partial charge in [-0.3, -0.25) is 4.98 Å². The summed E-state index contributed by atoms with van der Waals surface area (Å²) in [6.45, 7) is 0. The highest BCUT2D eigenvalue weighted by Crippen LogP contribution is 2.16. The Labute approximate surface area is 88.9 Å². The first kappa shape index (κ1) is 9.93. The van der Waals surface area contributed by atoms with E-state index in [2.05, 4.69) is 4.98 Å². The zero-order chi connectivity index (χ0) is 10.5. The van der Waals surface area contributed by atoms with Crippen LogP contribution in [0.2, 0.25) is 0 Å². The minimum atomic E-state index is 0.0527. The van der Waals surface area contributed by atoms with E-state index in [0.29, 0.717) is 0 Å². The van der Waals surface area contributed by atoms with E-state index in [1.807, 2.05) is 18.2 Å². The van der Waals surface area contributed by atoms with Gasteiger partial charge in [0, 0.05) is 24.0 Å². The summed E-state index contributed by atoms with van der Waals surface area (Å²) in [7, 11) is 0. The van der Waals surface area contributed by atoms with Crippen LogP contribution in [0.25, 0.3) is 0 Å². The summed E-state index contributed by atoms with van der Waals surface area (Å²) >= 11 is 0. The standard InChI is InChI=1S/C12H14N2O/c13-12(11-5-8-15-9-11)2-1-10-3-6-14-7-4-10/h3-9,12H,1-2,13H2. The molecule has 0 aliphatic carbocycles. The van der Waals surface area contributed by atoms with Crippen LogP contribution in [0.4, 0.5) is 0 Å². The van der Waals surface area contributed by atoms with Gasteiger partial charge in [-0.25, -0.2) is 0 Å². The molecule has 2 aromatic heterocycles. The van der Waals surface area contributed by atoms with Gasteiger partial charge in [-0.2, -0.15) is 0 Å². The average molecular weight is 202 g/mol. The van der Waals surface area contributed by atoms with Crippen LogP contribution in [0.15, 0.2) is 47.5 Å². The predicted octanol–water partition coefficient (Wildman–Crippen LogP) is 2.31. The number of rotatable bonds is 4. The van der Waals surface area contributed by atoms with Gasteiger partial charge in [-0.15, -0.1) is 0 Å². The summed E-state index contributed by atoms with van der Waals surface area (Å²) in [5, 5.41) is 0. The maximum atomic E-state index is 6.01. The molecule has 1 atom stereocenters. The lowest BCUT2D eigenvalue weighted by atomic mass is 10.0. The van der Waals surface area contributed by atoms with Crippen molar-refractivity contribution in [3.8, 4) is 0 Å². The van der Waals surface area contributed by atoms with Crippen LogP contribution in [-0.4, -0.2) is 4.98 Å². The lowest BCUT2D eigenvalue weighted by molar-refractivity contribution is 0.554. The lowest BCUT2D eigenvalue weighted by Crippen LogP contribution is -2.10. The molecule has 0 aromatic carbocycles. The molecule has 0 amide bonds. The number of nitrogens with two attached hydrogens (primary N) is 1. The number of pyridine rings is 1. The molecule has 3 nitrogen and oxygen atoms in total. The average Bonchev–Trinajstić information content (AvgIpc) is 2.81. The monoisotopic (exact) mass is 202 g/mol. The number of hydrogen-bond donors (Lipinski definition) is 1. The second-order valence-electron chi connectivity index (χ2n) is 3.56. The molecular weight excluding hydrogens is 188 g/mol. The Morgan fingerprint density at radius 3 is 2.73 bits per heavy atom. The van der Waals surface area contributed by atoms with Gasteiger partial charge in [-0.1, -0.05) is 0 Å². The van der Waals surface area contributed by atoms with Crippen LogP contribution in [0.5, 0.6) is 0 Å². The fourth-order valence-corrected chi connectivity index (χ4v) is 1.52. The quantitative estimate of drug-likeness (QED) is 0.827. The van der Waals surface area contributed by atoms with Crippen molar-refractivity contribution in [2.45, 2.75) is 18.9 Å². The molecule has 0 bridgehead atoms. The Morgan fingerprint density at radius 1 is 1.27 bits per heavy atom. The number of furan rings is 1. The number of aryl methyl sites for hydroxylation is 1. The molecule has 3 heteroatoms. The molecule has 0 radical (unpaired) electrons. The molecule has 0 saturated heterocycles. The molecule has 2 aromatic rings. The summed E-state index contributed by atoms with van der Waals surface area (Å²) in [6.07, 6.45) is 8.86. The molecule has 0 spiro atoms. The highest BCUT2D eigenvalue weighted by Gasteiger charge is 2.06. The van der Waals surface area contributed by atoms with Crippen LogP contribution in [-0.2, 0) is 6.42 Å². The minimum Gasteiger partial charge on any atom is -0.472 e. The van der Waals surface area contributed by atoms with Crippen LogP contribution in [0, 0.1) is 0 Å². The van der Waals surface area contributed by atoms with E-state index in [-0.39, 0.29) is 6.04 Å². The fourth-order valence-electron chi connectivity index (χ4n) is 1.52. The topological polar surface area (TPSA) is 52.0 Å². The third-order valence-corrected chi connectivity index (χ3v) is 2.46. The van der Waals surface area contributed by atoms with Gasteiger partial charge in [0.2, 0.25) is 0 Å². The van der Waals surface area contributed by atoms with E-state index in [1.165, 1.54) is 5.56 Å². The van der Waals surface area contributed by atoms with E-state index < -0.39 is 0 Å². The minimum absolute atomic E-state index is 0.0527. The molecule has 0 fully saturated rings. The van der Waals surface area contributed by atoms with Crippen molar-refractivity contribution in [1.29, 1.82) is 0 Å². The molecule has 2 heterocycles. The molecule has 1 unspecified atom stereocenters. The van der Waals surface area contributed by atoms with Gasteiger partial charge in [0.1, 0.15) is 0 Å². The van der Waals surface area contributed by atoms with Crippen molar-refractivity contribution in [3.05, 3.63) is 54.2 Å². The molecule has 78 valence electrons. The summed E-state index contributed by atoms with van der Waals surface area (Å²) < 4.78 is 5.00. The van der Waals surface area contributed by atoms with Gasteiger partial charge in [0.05, 0.1) is 12.5 Å². The lowest BCUT2D eigenvalue weighted by Gasteiger charge is -2.08. The third-order valence-electron chi connectivity index (χ3n) is 2.46. The van der Waals surface area contributed by atoms with Crippen molar-refractivity contribution >= 4 is 0 Å². The van der Waals surface area contributed by atoms with Crippen molar-refractivity contribution < 1.29 is 4.42 Å². The molecule has 0 aliphatic heterocycles. The third kappa shape index (κ3) is 2.67. The first-order chi connectivity index (χ1) is 7.36. The molecule has 0 saturated carbocycles. The summed E-state index contributed by atoms with van der Waals surface area (Å²) in [6, 6.07) is 6.00. The van der Waals surface area contributed by atoms with Crippen LogP contribution in [0.1, 0.15) is 23.6 Å². The van der Waals surface area contributed by atoms with Crippen LogP contribution >= 0.6 is 0 Å². The largest absolute Gasteiger partial charge is 0.472 e. The maximum Gasteiger partial charge on any atom is 0.0950 e. The van der Waals surface area contributed by atoms with E-state index in [1.54, 1.807) is 24.9 Å². The van der Waals surface area contributed by atoms with Crippen LogP contribution < -0.4 is 5.73 Å². The first-order valence-electron chi connectivity index (χ1n) is 5.03. The smallest absolute Gasteiger partial charge is 0.0950 e. The van der Waals surface area contributed by atoms with Gasteiger partial charge in [0.25, 0.3) is 0 Å². The molecule has 2 N–H and O–H groups in total. The summed E-state index contributed by atoms with van der Waals surface area (Å²) in [5.41, 5.74) is 8.34. The Bertz CT molecular complexity index is 383. The number of aromatic nitrogens is 1. The number of nitrogens with zero attached hydrogens (tertiary/aromatic N) is 1. The van der Waals surface area contributed by atoms with Gasteiger partial charge in [-0.05, 0) is 36.6 Å². The van der Waals surface area contributed by atoms with Gasteiger partial charge in [0.15, 0.2) is 0 Å². The second-order valence-corrected chi connectivity index (χ2v) is 3.56. The highest BCUT2D eigenvalue weighted by atomic mass is 16.3. The van der Waals surface area contributed by atoms with Crippen LogP contribution in [0.3, 0.4) is 0 Å². The zero-order valence-corrected chi connectivity index (χ0v) is 8.47. The predicted molar refractivity (Wildman–Crippen MR) is 58.2 cm³/mol. The van der Waals surface area contributed by atoms with Crippen molar-refractivity contribution in [2.24, 2.45) is 5.73 Å². The van der Waals surface area contributed by atoms with Crippen molar-refractivity contribution in [3.63, 3.8) is 0 Å². The maximum absolute atomic E-state index is 6.01. The molecule has 15 heavy (non-hydrogen) atoms. The summed E-state index contributed by atoms with van der Waals surface area (Å²) in [5.74, 6) is 0. The van der Waals surface area contributed by atoms with Crippen molar-refractivity contribution in [1.82, 2.24) is 4.98 Å².